The minimum atomic E-state index is -4.43. The van der Waals surface area contributed by atoms with Crippen LogP contribution in [0.25, 0.3) is 6.08 Å². The van der Waals surface area contributed by atoms with Gasteiger partial charge in [-0.05, 0) is 36.3 Å². The molecule has 1 heterocycles. The van der Waals surface area contributed by atoms with E-state index in [0.29, 0.717) is 10.6 Å². The molecule has 24 heavy (non-hydrogen) atoms. The Bertz CT molecular complexity index is 816. The van der Waals surface area contributed by atoms with E-state index in [1.165, 1.54) is 29.5 Å². The Morgan fingerprint density at radius 1 is 1.38 bits per heavy atom. The molecule has 0 spiro atoms. The second kappa shape index (κ2) is 7.32. The molecule has 7 heteroatoms. The largest absolute Gasteiger partial charge is 0.416 e. The van der Waals surface area contributed by atoms with Crippen LogP contribution in [0, 0.1) is 11.3 Å². The first-order valence-electron chi connectivity index (χ1n) is 7.02. The Balaban J connectivity index is 2.11. The number of nitriles is 1. The summed E-state index contributed by atoms with van der Waals surface area (Å²) in [4.78, 5) is 12.9. The van der Waals surface area contributed by atoms with Crippen LogP contribution in [0.1, 0.15) is 28.5 Å². The number of hydrogen-bond donors (Lipinski definition) is 1. The topological polar surface area (TPSA) is 52.9 Å². The molecule has 0 saturated carbocycles. The zero-order chi connectivity index (χ0) is 17.7. The first-order chi connectivity index (χ1) is 11.3. The lowest BCUT2D eigenvalue weighted by Gasteiger charge is -2.06. The van der Waals surface area contributed by atoms with Crippen LogP contribution in [-0.2, 0) is 17.4 Å². The average molecular weight is 350 g/mol. The van der Waals surface area contributed by atoms with Gasteiger partial charge in [0, 0.05) is 11.0 Å². The first kappa shape index (κ1) is 17.8. The summed E-state index contributed by atoms with van der Waals surface area (Å²) in [5.41, 5.74) is -0.138. The maximum Gasteiger partial charge on any atom is 0.416 e. The van der Waals surface area contributed by atoms with Crippen LogP contribution in [0.3, 0.4) is 0 Å². The maximum absolute atomic E-state index is 12.6. The minimum absolute atomic E-state index is 0.265. The second-order valence-electron chi connectivity index (χ2n) is 4.87. The van der Waals surface area contributed by atoms with Crippen molar-refractivity contribution in [3.05, 3.63) is 58.0 Å². The second-order valence-corrected chi connectivity index (χ2v) is 6.00. The van der Waals surface area contributed by atoms with Crippen molar-refractivity contribution in [2.45, 2.75) is 19.5 Å². The van der Waals surface area contributed by atoms with E-state index in [4.69, 9.17) is 5.26 Å². The van der Waals surface area contributed by atoms with Gasteiger partial charge < -0.3 is 5.32 Å². The third-order valence-corrected chi connectivity index (χ3v) is 4.32. The zero-order valence-electron chi connectivity index (χ0n) is 12.6. The predicted octanol–water partition coefficient (Wildman–Crippen LogP) is 4.85. The number of anilines is 1. The Morgan fingerprint density at radius 2 is 2.12 bits per heavy atom. The van der Waals surface area contributed by atoms with Gasteiger partial charge in [-0.3, -0.25) is 4.79 Å². The molecule has 1 aromatic heterocycles. The summed E-state index contributed by atoms with van der Waals surface area (Å²) in [7, 11) is 0. The van der Waals surface area contributed by atoms with Crippen molar-refractivity contribution in [3.8, 4) is 6.07 Å². The number of carbonyl (C=O) groups excluding carboxylic acids is 1. The van der Waals surface area contributed by atoms with Crippen molar-refractivity contribution in [2.75, 3.05) is 5.32 Å². The summed E-state index contributed by atoms with van der Waals surface area (Å²) in [5, 5.41) is 12.1. The van der Waals surface area contributed by atoms with Gasteiger partial charge in [-0.25, -0.2) is 0 Å². The van der Waals surface area contributed by atoms with Gasteiger partial charge in [-0.2, -0.15) is 18.4 Å². The van der Waals surface area contributed by atoms with Crippen molar-refractivity contribution in [2.24, 2.45) is 0 Å². The average Bonchev–Trinajstić information content (AvgIpc) is 2.94. The number of nitrogens with zero attached hydrogens (tertiary/aromatic N) is 1. The Hall–Kier alpha value is -2.59. The fourth-order valence-corrected chi connectivity index (χ4v) is 2.89. The van der Waals surface area contributed by atoms with E-state index in [1.807, 2.05) is 13.0 Å². The molecule has 0 aliphatic heterocycles. The highest BCUT2D eigenvalue weighted by Gasteiger charge is 2.30. The van der Waals surface area contributed by atoms with Gasteiger partial charge in [0.25, 0.3) is 0 Å². The van der Waals surface area contributed by atoms with Gasteiger partial charge >= 0.3 is 6.18 Å². The predicted molar refractivity (Wildman–Crippen MR) is 87.5 cm³/mol. The van der Waals surface area contributed by atoms with Crippen LogP contribution in [-0.4, -0.2) is 5.91 Å². The van der Waals surface area contributed by atoms with E-state index in [2.05, 4.69) is 5.32 Å². The number of aryl methyl sites for hydroxylation is 1. The summed E-state index contributed by atoms with van der Waals surface area (Å²) >= 11 is 1.30. The first-order valence-corrected chi connectivity index (χ1v) is 7.84. The highest BCUT2D eigenvalue weighted by Crippen LogP contribution is 2.30. The molecular formula is C17H13F3N2OS. The maximum atomic E-state index is 12.6. The number of thiophene rings is 1. The Labute approximate surface area is 141 Å². The smallest absolute Gasteiger partial charge is 0.313 e. The fourth-order valence-electron chi connectivity index (χ4n) is 1.94. The lowest BCUT2D eigenvalue weighted by atomic mass is 10.1. The van der Waals surface area contributed by atoms with Gasteiger partial charge in [-0.15, -0.1) is 11.3 Å². The molecule has 2 aromatic rings. The van der Waals surface area contributed by atoms with Crippen LogP contribution in [0.15, 0.2) is 36.4 Å². The summed E-state index contributed by atoms with van der Waals surface area (Å²) in [5.74, 6) is -0.506. The van der Waals surface area contributed by atoms with Gasteiger partial charge in [0.1, 0.15) is 11.1 Å². The Kier molecular flexibility index (Phi) is 5.42. The number of hydrogen-bond acceptors (Lipinski definition) is 3. The van der Waals surface area contributed by atoms with Gasteiger partial charge in [-0.1, -0.05) is 19.1 Å². The van der Waals surface area contributed by atoms with Crippen molar-refractivity contribution in [3.63, 3.8) is 0 Å². The standard InChI is InChI=1S/C17H13F3N2OS/c1-2-14-9-12(10-21)16(24-14)22-15(23)7-6-11-4-3-5-13(8-11)17(18,19)20/h3-9H,2H2,1H3,(H,22,23)/b7-6+. The third-order valence-electron chi connectivity index (χ3n) is 3.13. The van der Waals surface area contributed by atoms with Crippen molar-refractivity contribution in [1.82, 2.24) is 0 Å². The molecule has 0 unspecified atom stereocenters. The molecule has 1 aromatic carbocycles. The number of amides is 1. The monoisotopic (exact) mass is 350 g/mol. The molecule has 2 rings (SSSR count). The molecule has 124 valence electrons. The number of benzene rings is 1. The van der Waals surface area contributed by atoms with Crippen LogP contribution < -0.4 is 5.32 Å². The third kappa shape index (κ3) is 4.46. The molecule has 0 saturated heterocycles. The lowest BCUT2D eigenvalue weighted by molar-refractivity contribution is -0.137. The van der Waals surface area contributed by atoms with Crippen molar-refractivity contribution < 1.29 is 18.0 Å². The number of rotatable bonds is 4. The van der Waals surface area contributed by atoms with E-state index in [9.17, 15) is 18.0 Å². The highest BCUT2D eigenvalue weighted by atomic mass is 32.1. The van der Waals surface area contributed by atoms with E-state index in [0.717, 1.165) is 29.5 Å². The van der Waals surface area contributed by atoms with Gasteiger partial charge in [0.05, 0.1) is 11.1 Å². The van der Waals surface area contributed by atoms with Crippen LogP contribution >= 0.6 is 11.3 Å². The SMILES string of the molecule is CCc1cc(C#N)c(NC(=O)/C=C/c2cccc(C(F)(F)F)c2)s1. The van der Waals surface area contributed by atoms with E-state index < -0.39 is 17.6 Å². The van der Waals surface area contributed by atoms with E-state index >= 15 is 0 Å². The summed E-state index contributed by atoms with van der Waals surface area (Å²) in [6.07, 6.45) is -1.25. The van der Waals surface area contributed by atoms with Crippen molar-refractivity contribution >= 4 is 28.3 Å². The molecule has 3 nitrogen and oxygen atoms in total. The van der Waals surface area contributed by atoms with Gasteiger partial charge in [0.2, 0.25) is 5.91 Å². The van der Waals surface area contributed by atoms with Crippen LogP contribution in [0.4, 0.5) is 18.2 Å². The lowest BCUT2D eigenvalue weighted by Crippen LogP contribution is -2.07. The van der Waals surface area contributed by atoms with E-state index in [1.54, 1.807) is 6.07 Å². The molecule has 0 radical (unpaired) electrons. The highest BCUT2D eigenvalue weighted by molar-refractivity contribution is 7.16. The molecule has 0 aliphatic rings. The minimum Gasteiger partial charge on any atom is -0.313 e. The molecular weight excluding hydrogens is 337 g/mol. The molecule has 0 fully saturated rings. The van der Waals surface area contributed by atoms with Crippen LogP contribution in [0.2, 0.25) is 0 Å². The molecule has 1 N–H and O–H groups in total. The number of alkyl halides is 3. The quantitative estimate of drug-likeness (QED) is 0.801. The fraction of sp³-hybridized carbons (Fsp3) is 0.176. The van der Waals surface area contributed by atoms with Crippen LogP contribution in [0.5, 0.6) is 0 Å². The molecule has 0 atom stereocenters. The summed E-state index contributed by atoms with van der Waals surface area (Å²) < 4.78 is 37.9. The molecule has 0 aliphatic carbocycles. The normalized spacial score (nSPS) is 11.5. The molecule has 0 bridgehead atoms. The number of nitrogens with one attached hydrogen (secondary N) is 1. The zero-order valence-corrected chi connectivity index (χ0v) is 13.5. The number of carbonyl (C=O) groups is 1. The summed E-state index contributed by atoms with van der Waals surface area (Å²) in [6.45, 7) is 1.94. The molecule has 1 amide bonds. The van der Waals surface area contributed by atoms with Crippen molar-refractivity contribution in [1.29, 1.82) is 5.26 Å². The Morgan fingerprint density at radius 3 is 2.75 bits per heavy atom. The number of halogens is 3. The van der Waals surface area contributed by atoms with Gasteiger partial charge in [0.15, 0.2) is 0 Å². The van der Waals surface area contributed by atoms with E-state index in [-0.39, 0.29) is 5.56 Å². The summed E-state index contributed by atoms with van der Waals surface area (Å²) in [6, 6.07) is 8.39.